The monoisotopic (exact) mass is 410 g/mol. The van der Waals surface area contributed by atoms with Crippen molar-refractivity contribution < 1.29 is 9.90 Å². The molecule has 4 nitrogen and oxygen atoms in total. The molecule has 1 heterocycles. The smallest absolute Gasteiger partial charge is 0.331 e. The van der Waals surface area contributed by atoms with Crippen molar-refractivity contribution in [3.8, 4) is 0 Å². The molecule has 27 heavy (non-hydrogen) atoms. The summed E-state index contributed by atoms with van der Waals surface area (Å²) in [5, 5.41) is 10.2. The molecular weight excluding hydrogens is 383 g/mol. The van der Waals surface area contributed by atoms with Crippen molar-refractivity contribution in [1.82, 2.24) is 9.55 Å². The fourth-order valence-electron chi connectivity index (χ4n) is 2.84. The molecule has 0 radical (unpaired) electrons. The van der Waals surface area contributed by atoms with E-state index in [2.05, 4.69) is 23.4 Å². The minimum Gasteiger partial charge on any atom is -0.478 e. The van der Waals surface area contributed by atoms with E-state index in [0.717, 1.165) is 49.2 Å². The van der Waals surface area contributed by atoms with Crippen LogP contribution in [0.3, 0.4) is 0 Å². The van der Waals surface area contributed by atoms with Crippen molar-refractivity contribution in [3.05, 3.63) is 58.1 Å². The number of rotatable bonds is 10. The maximum atomic E-state index is 11.6. The number of unbranched alkanes of at least 4 members (excludes halogenated alkanes) is 2. The highest BCUT2D eigenvalue weighted by molar-refractivity contribution is 6.31. The summed E-state index contributed by atoms with van der Waals surface area (Å²) < 4.78 is 2.09. The number of hydrogen-bond donors (Lipinski definition) is 1. The maximum absolute atomic E-state index is 11.6. The number of aliphatic carboxylic acids is 1. The second kappa shape index (κ2) is 11.8. The van der Waals surface area contributed by atoms with Crippen LogP contribution in [0.15, 0.2) is 36.0 Å². The van der Waals surface area contributed by atoms with E-state index in [1.54, 1.807) is 12.3 Å². The van der Waals surface area contributed by atoms with Gasteiger partial charge in [0.25, 0.3) is 0 Å². The number of nitrogens with zero attached hydrogens (tertiary/aromatic N) is 2. The van der Waals surface area contributed by atoms with Crippen LogP contribution in [-0.2, 0) is 17.8 Å². The van der Waals surface area contributed by atoms with Gasteiger partial charge in [-0.2, -0.15) is 0 Å². The van der Waals surface area contributed by atoms with Crippen LogP contribution in [0, 0.1) is 0 Å². The van der Waals surface area contributed by atoms with Gasteiger partial charge in [0.15, 0.2) is 0 Å². The van der Waals surface area contributed by atoms with Crippen LogP contribution in [-0.4, -0.2) is 20.6 Å². The average Bonchev–Trinajstić information content (AvgIpc) is 3.00. The molecule has 1 N–H and O–H groups in total. The molecule has 2 aromatic rings. The van der Waals surface area contributed by atoms with Gasteiger partial charge in [-0.25, -0.2) is 9.78 Å². The molecule has 148 valence electrons. The Kier molecular flexibility index (Phi) is 10.2. The van der Waals surface area contributed by atoms with Crippen molar-refractivity contribution in [2.24, 2.45) is 0 Å². The Bertz CT molecular complexity index is 769. The third-order valence-corrected chi connectivity index (χ3v) is 4.77. The predicted octanol–water partition coefficient (Wildman–Crippen LogP) is 6.01. The third kappa shape index (κ3) is 6.71. The quantitative estimate of drug-likeness (QED) is 0.488. The average molecular weight is 411 g/mol. The third-order valence-electron chi connectivity index (χ3n) is 4.41. The molecule has 0 spiro atoms. The van der Waals surface area contributed by atoms with Gasteiger partial charge in [-0.3, -0.25) is 0 Å². The second-order valence-electron chi connectivity index (χ2n) is 6.46. The highest BCUT2D eigenvalue weighted by atomic mass is 35.5. The Labute approximate surface area is 172 Å². The van der Waals surface area contributed by atoms with E-state index >= 15 is 0 Å². The fourth-order valence-corrected chi connectivity index (χ4v) is 3.04. The van der Waals surface area contributed by atoms with Gasteiger partial charge in [0.1, 0.15) is 5.82 Å². The van der Waals surface area contributed by atoms with Gasteiger partial charge < -0.3 is 9.67 Å². The summed E-state index contributed by atoms with van der Waals surface area (Å²) in [4.78, 5) is 16.1. The molecule has 2 rings (SSSR count). The lowest BCUT2D eigenvalue weighted by Gasteiger charge is -2.12. The van der Waals surface area contributed by atoms with Gasteiger partial charge in [-0.15, -0.1) is 12.4 Å². The second-order valence-corrected chi connectivity index (χ2v) is 6.87. The molecule has 0 saturated carbocycles. The Morgan fingerprint density at radius 1 is 1.22 bits per heavy atom. The van der Waals surface area contributed by atoms with Gasteiger partial charge in [0, 0.05) is 17.0 Å². The van der Waals surface area contributed by atoms with Crippen LogP contribution in [0.2, 0.25) is 5.02 Å². The maximum Gasteiger partial charge on any atom is 0.331 e. The highest BCUT2D eigenvalue weighted by Crippen LogP contribution is 2.21. The van der Waals surface area contributed by atoms with Gasteiger partial charge in [-0.05, 0) is 37.0 Å². The van der Waals surface area contributed by atoms with E-state index in [4.69, 9.17) is 11.6 Å². The normalized spacial score (nSPS) is 11.3. The molecule has 0 atom stereocenters. The van der Waals surface area contributed by atoms with Crippen LogP contribution in [0.4, 0.5) is 0 Å². The Balaban J connectivity index is 0.00000364. The number of carboxylic acid groups (broad SMARTS) is 1. The zero-order chi connectivity index (χ0) is 18.9. The molecule has 0 amide bonds. The lowest BCUT2D eigenvalue weighted by molar-refractivity contribution is -0.132. The van der Waals surface area contributed by atoms with Gasteiger partial charge in [0.2, 0.25) is 0 Å². The number of hydrogen-bond acceptors (Lipinski definition) is 2. The summed E-state index contributed by atoms with van der Waals surface area (Å²) in [6.45, 7) is 4.80. The number of imidazole rings is 1. The first-order chi connectivity index (χ1) is 12.6. The largest absolute Gasteiger partial charge is 0.478 e. The molecule has 6 heteroatoms. The molecule has 0 saturated heterocycles. The van der Waals surface area contributed by atoms with Crippen molar-refractivity contribution in [2.45, 2.75) is 58.9 Å². The van der Waals surface area contributed by atoms with E-state index in [-0.39, 0.29) is 12.4 Å². The summed E-state index contributed by atoms with van der Waals surface area (Å²) in [6, 6.07) is 7.74. The molecular formula is C21H28Cl2N2O2. The topological polar surface area (TPSA) is 55.1 Å². The molecule has 1 aromatic heterocycles. The SMILES string of the molecule is CCCC/C(=C/c1cnc(CCCC)n1Cc1ccccc1Cl)C(=O)O.Cl. The first kappa shape index (κ1) is 23.3. The standard InChI is InChI=1S/C21H27ClN2O2.ClH/c1-3-5-9-16(21(25)26)13-18-14-23-20(12-6-4-2)24(18)15-17-10-7-8-11-19(17)22;/h7-8,10-11,13-14H,3-6,9,12,15H2,1-2H3,(H,25,26);1H/b16-13-;. The fraction of sp³-hybridized carbons (Fsp3) is 0.429. The lowest BCUT2D eigenvalue weighted by atomic mass is 10.1. The van der Waals surface area contributed by atoms with Crippen molar-refractivity contribution in [2.75, 3.05) is 0 Å². The van der Waals surface area contributed by atoms with Crippen molar-refractivity contribution in [1.29, 1.82) is 0 Å². The first-order valence-corrected chi connectivity index (χ1v) is 9.66. The summed E-state index contributed by atoms with van der Waals surface area (Å²) in [7, 11) is 0. The number of benzene rings is 1. The van der Waals surface area contributed by atoms with E-state index < -0.39 is 5.97 Å². The zero-order valence-corrected chi connectivity index (χ0v) is 17.5. The summed E-state index contributed by atoms with van der Waals surface area (Å²) in [5.74, 6) is 0.109. The Hall–Kier alpha value is -1.78. The predicted molar refractivity (Wildman–Crippen MR) is 114 cm³/mol. The number of halogens is 2. The van der Waals surface area contributed by atoms with Gasteiger partial charge in [-0.1, -0.05) is 56.5 Å². The summed E-state index contributed by atoms with van der Waals surface area (Å²) in [5.41, 5.74) is 2.25. The van der Waals surface area contributed by atoms with Crippen molar-refractivity contribution in [3.63, 3.8) is 0 Å². The Morgan fingerprint density at radius 3 is 2.56 bits per heavy atom. The molecule has 0 fully saturated rings. The first-order valence-electron chi connectivity index (χ1n) is 9.28. The molecule has 0 bridgehead atoms. The minimum atomic E-state index is -0.862. The van der Waals surface area contributed by atoms with Gasteiger partial charge in [0.05, 0.1) is 18.4 Å². The molecule has 0 aliphatic heterocycles. The van der Waals surface area contributed by atoms with Crippen LogP contribution in [0.1, 0.15) is 63.0 Å². The molecule has 1 aromatic carbocycles. The number of carboxylic acids is 1. The van der Waals surface area contributed by atoms with Crippen LogP contribution < -0.4 is 0 Å². The van der Waals surface area contributed by atoms with Crippen molar-refractivity contribution >= 4 is 36.1 Å². The van der Waals surface area contributed by atoms with Crippen LogP contribution in [0.5, 0.6) is 0 Å². The van der Waals surface area contributed by atoms with E-state index in [0.29, 0.717) is 23.6 Å². The number of aromatic nitrogens is 2. The molecule has 0 aliphatic rings. The number of carbonyl (C=O) groups is 1. The number of aryl methyl sites for hydroxylation is 1. The Morgan fingerprint density at radius 2 is 1.93 bits per heavy atom. The minimum absolute atomic E-state index is 0. The van der Waals surface area contributed by atoms with E-state index in [1.807, 2.05) is 24.3 Å². The zero-order valence-electron chi connectivity index (χ0n) is 15.9. The lowest BCUT2D eigenvalue weighted by Crippen LogP contribution is -2.09. The summed E-state index contributed by atoms with van der Waals surface area (Å²) in [6.07, 6.45) is 8.92. The van der Waals surface area contributed by atoms with Crippen LogP contribution >= 0.6 is 24.0 Å². The van der Waals surface area contributed by atoms with Gasteiger partial charge >= 0.3 is 5.97 Å². The van der Waals surface area contributed by atoms with Crippen LogP contribution in [0.25, 0.3) is 6.08 Å². The highest BCUT2D eigenvalue weighted by Gasteiger charge is 2.13. The summed E-state index contributed by atoms with van der Waals surface area (Å²) >= 11 is 6.33. The van der Waals surface area contributed by atoms with E-state index in [9.17, 15) is 9.90 Å². The molecule has 0 aliphatic carbocycles. The molecule has 0 unspecified atom stereocenters. The van der Waals surface area contributed by atoms with E-state index in [1.165, 1.54) is 0 Å².